The molecule has 1 saturated heterocycles. The topological polar surface area (TPSA) is 148 Å². The van der Waals surface area contributed by atoms with Gasteiger partial charge in [-0.05, 0) is 27.3 Å². The molecule has 32 heavy (non-hydrogen) atoms. The molecule has 0 amide bonds. The fraction of sp³-hybridized carbons (Fsp3) is 0.524. The van der Waals surface area contributed by atoms with E-state index in [0.717, 1.165) is 11.3 Å². The molecule has 0 unspecified atom stereocenters. The Kier molecular flexibility index (Phi) is 7.18. The van der Waals surface area contributed by atoms with E-state index in [1.807, 2.05) is 25.7 Å². The fourth-order valence-electron chi connectivity index (χ4n) is 3.32. The van der Waals surface area contributed by atoms with E-state index in [9.17, 15) is 9.59 Å². The number of anilines is 2. The number of aromatic nitrogens is 4. The number of piperazine rings is 1. The van der Waals surface area contributed by atoms with Gasteiger partial charge >= 0.3 is 11.9 Å². The number of aromatic carboxylic acids is 1. The van der Waals surface area contributed by atoms with Crippen LogP contribution in [0.25, 0.3) is 0 Å². The number of carbonyl (C=O) groups is 2. The molecule has 2 aromatic heterocycles. The molecular weight excluding hydrogens is 414 g/mol. The highest BCUT2D eigenvalue weighted by Gasteiger charge is 2.23. The van der Waals surface area contributed by atoms with Crippen LogP contribution in [0.2, 0.25) is 0 Å². The first-order valence-corrected chi connectivity index (χ1v) is 10.5. The maximum absolute atomic E-state index is 12.2. The van der Waals surface area contributed by atoms with Crippen LogP contribution in [0.4, 0.5) is 11.9 Å². The van der Waals surface area contributed by atoms with E-state index >= 15 is 0 Å². The van der Waals surface area contributed by atoms with Crippen LogP contribution in [-0.2, 0) is 22.4 Å². The number of nitrogens with two attached hydrogens (primary N) is 1. The molecule has 172 valence electrons. The highest BCUT2D eigenvalue weighted by Crippen LogP contribution is 2.18. The summed E-state index contributed by atoms with van der Waals surface area (Å²) in [7, 11) is 0. The van der Waals surface area contributed by atoms with E-state index in [-0.39, 0.29) is 18.0 Å². The van der Waals surface area contributed by atoms with Crippen LogP contribution in [0.1, 0.15) is 42.4 Å². The maximum atomic E-state index is 12.2. The average molecular weight is 444 g/mol. The quantitative estimate of drug-likeness (QED) is 0.582. The van der Waals surface area contributed by atoms with Crippen molar-refractivity contribution in [3.63, 3.8) is 0 Å². The standard InChI is InChI=1S/C21H29N7O4/c1-21(2,3)32-17(29)10-14-11-25-20(26-16(14)4-5-22)28-8-6-27(7-9-28)19-23-12-15(13-24-19)18(30)31/h11-13H,4-10,22H2,1-3H3,(H,30,31). The van der Waals surface area contributed by atoms with E-state index in [1.54, 1.807) is 6.20 Å². The molecule has 3 N–H and O–H groups in total. The van der Waals surface area contributed by atoms with Crippen LogP contribution in [0, 0.1) is 0 Å². The lowest BCUT2D eigenvalue weighted by atomic mass is 10.1. The molecule has 11 heteroatoms. The highest BCUT2D eigenvalue weighted by molar-refractivity contribution is 5.86. The molecule has 0 bridgehead atoms. The number of hydrogen-bond donors (Lipinski definition) is 2. The van der Waals surface area contributed by atoms with E-state index in [0.29, 0.717) is 51.0 Å². The Hall–Kier alpha value is -3.34. The van der Waals surface area contributed by atoms with Crippen LogP contribution >= 0.6 is 0 Å². The van der Waals surface area contributed by atoms with E-state index < -0.39 is 11.6 Å². The zero-order valence-corrected chi connectivity index (χ0v) is 18.6. The Morgan fingerprint density at radius 1 is 1.03 bits per heavy atom. The van der Waals surface area contributed by atoms with Gasteiger partial charge in [-0.1, -0.05) is 0 Å². The molecule has 2 aromatic rings. The van der Waals surface area contributed by atoms with Crippen molar-refractivity contribution < 1.29 is 19.4 Å². The summed E-state index contributed by atoms with van der Waals surface area (Å²) in [5, 5.41) is 8.98. The molecule has 3 heterocycles. The van der Waals surface area contributed by atoms with Gasteiger partial charge in [-0.2, -0.15) is 0 Å². The summed E-state index contributed by atoms with van der Waals surface area (Å²) in [5.41, 5.74) is 6.73. The summed E-state index contributed by atoms with van der Waals surface area (Å²) >= 11 is 0. The minimum Gasteiger partial charge on any atom is -0.478 e. The van der Waals surface area contributed by atoms with Crippen LogP contribution in [0.3, 0.4) is 0 Å². The predicted molar refractivity (Wildman–Crippen MR) is 118 cm³/mol. The molecule has 0 saturated carbocycles. The molecule has 0 aliphatic carbocycles. The smallest absolute Gasteiger partial charge is 0.338 e. The summed E-state index contributed by atoms with van der Waals surface area (Å²) in [6.45, 7) is 8.48. The zero-order valence-electron chi connectivity index (χ0n) is 18.6. The molecule has 0 radical (unpaired) electrons. The summed E-state index contributed by atoms with van der Waals surface area (Å²) in [4.78, 5) is 44.7. The predicted octanol–water partition coefficient (Wildman–Crippen LogP) is 0.677. The average Bonchev–Trinajstić information content (AvgIpc) is 2.74. The van der Waals surface area contributed by atoms with Gasteiger partial charge in [0.2, 0.25) is 11.9 Å². The first-order chi connectivity index (χ1) is 15.2. The molecule has 1 fully saturated rings. The summed E-state index contributed by atoms with van der Waals surface area (Å²) in [6.07, 6.45) is 4.93. The van der Waals surface area contributed by atoms with Crippen LogP contribution < -0.4 is 15.5 Å². The Morgan fingerprint density at radius 3 is 2.12 bits per heavy atom. The Balaban J connectivity index is 1.66. The number of carbonyl (C=O) groups excluding carboxylic acids is 1. The number of hydrogen-bond acceptors (Lipinski definition) is 10. The summed E-state index contributed by atoms with van der Waals surface area (Å²) in [5.74, 6) is -0.299. The molecule has 1 aliphatic rings. The Morgan fingerprint density at radius 2 is 1.59 bits per heavy atom. The largest absolute Gasteiger partial charge is 0.478 e. The van der Waals surface area contributed by atoms with Crippen LogP contribution in [0.5, 0.6) is 0 Å². The first-order valence-electron chi connectivity index (χ1n) is 10.5. The van der Waals surface area contributed by atoms with Gasteiger partial charge in [-0.25, -0.2) is 24.7 Å². The number of ether oxygens (including phenoxy) is 1. The number of nitrogens with zero attached hydrogens (tertiary/aromatic N) is 6. The van der Waals surface area contributed by atoms with Gasteiger partial charge < -0.3 is 25.4 Å². The van der Waals surface area contributed by atoms with Gasteiger partial charge in [-0.3, -0.25) is 4.79 Å². The first kappa shape index (κ1) is 23.3. The normalized spacial score (nSPS) is 14.4. The molecule has 0 spiro atoms. The molecule has 1 aliphatic heterocycles. The van der Waals surface area contributed by atoms with Gasteiger partial charge in [0.25, 0.3) is 0 Å². The lowest BCUT2D eigenvalue weighted by Gasteiger charge is -2.34. The number of carboxylic acids is 1. The van der Waals surface area contributed by atoms with E-state index in [2.05, 4.69) is 24.8 Å². The number of carboxylic acid groups (broad SMARTS) is 1. The van der Waals surface area contributed by atoms with Crippen molar-refractivity contribution in [3.05, 3.63) is 35.4 Å². The second-order valence-electron chi connectivity index (χ2n) is 8.49. The van der Waals surface area contributed by atoms with Gasteiger partial charge in [0.05, 0.1) is 17.7 Å². The third-order valence-corrected chi connectivity index (χ3v) is 4.81. The third kappa shape index (κ3) is 6.10. The number of rotatable bonds is 7. The van der Waals surface area contributed by atoms with Crippen molar-refractivity contribution in [2.24, 2.45) is 5.73 Å². The van der Waals surface area contributed by atoms with E-state index in [4.69, 9.17) is 15.6 Å². The summed E-state index contributed by atoms with van der Waals surface area (Å²) in [6, 6.07) is 0. The molecule has 3 rings (SSSR count). The summed E-state index contributed by atoms with van der Waals surface area (Å²) < 4.78 is 5.41. The zero-order chi connectivity index (χ0) is 23.3. The lowest BCUT2D eigenvalue weighted by Crippen LogP contribution is -2.47. The SMILES string of the molecule is CC(C)(C)OC(=O)Cc1cnc(N2CCN(c3ncc(C(=O)O)cn3)CC2)nc1CCN. The van der Waals surface area contributed by atoms with Crippen LogP contribution in [-0.4, -0.2) is 75.3 Å². The maximum Gasteiger partial charge on any atom is 0.338 e. The molecular formula is C21H29N7O4. The van der Waals surface area contributed by atoms with Crippen molar-refractivity contribution in [1.29, 1.82) is 0 Å². The third-order valence-electron chi connectivity index (χ3n) is 4.81. The number of esters is 1. The molecule has 0 atom stereocenters. The monoisotopic (exact) mass is 443 g/mol. The molecule has 11 nitrogen and oxygen atoms in total. The van der Waals surface area contributed by atoms with Gasteiger partial charge in [0.15, 0.2) is 0 Å². The lowest BCUT2D eigenvalue weighted by molar-refractivity contribution is -0.153. The Bertz CT molecular complexity index is 952. The Labute approximate surface area is 186 Å². The van der Waals surface area contributed by atoms with Gasteiger partial charge in [-0.15, -0.1) is 0 Å². The molecule has 0 aromatic carbocycles. The van der Waals surface area contributed by atoms with Crippen molar-refractivity contribution in [3.8, 4) is 0 Å². The van der Waals surface area contributed by atoms with Gasteiger partial charge in [0, 0.05) is 56.8 Å². The second-order valence-corrected chi connectivity index (χ2v) is 8.49. The van der Waals surface area contributed by atoms with Crippen molar-refractivity contribution >= 4 is 23.8 Å². The van der Waals surface area contributed by atoms with E-state index in [1.165, 1.54) is 12.4 Å². The van der Waals surface area contributed by atoms with Crippen LogP contribution in [0.15, 0.2) is 18.6 Å². The second kappa shape index (κ2) is 9.86. The fourth-order valence-corrected chi connectivity index (χ4v) is 3.32. The highest BCUT2D eigenvalue weighted by atomic mass is 16.6. The minimum atomic E-state index is -1.05. The van der Waals surface area contributed by atoms with Crippen molar-refractivity contribution in [1.82, 2.24) is 19.9 Å². The van der Waals surface area contributed by atoms with Crippen molar-refractivity contribution in [2.45, 2.75) is 39.2 Å². The minimum absolute atomic E-state index is 0.0553. The van der Waals surface area contributed by atoms with Gasteiger partial charge in [0.1, 0.15) is 5.60 Å². The van der Waals surface area contributed by atoms with Crippen molar-refractivity contribution in [2.75, 3.05) is 42.5 Å².